The van der Waals surface area contributed by atoms with Crippen molar-refractivity contribution in [3.63, 3.8) is 0 Å². The number of methoxy groups -OCH3 is 2. The summed E-state index contributed by atoms with van der Waals surface area (Å²) in [6.45, 7) is 5.31. The highest BCUT2D eigenvalue weighted by Gasteiger charge is 2.63. The van der Waals surface area contributed by atoms with Crippen LogP contribution in [-0.4, -0.2) is 37.4 Å². The maximum absolute atomic E-state index is 12.2. The molecule has 126 valence electrons. The van der Waals surface area contributed by atoms with Gasteiger partial charge in [-0.1, -0.05) is 12.1 Å². The summed E-state index contributed by atoms with van der Waals surface area (Å²) in [5.41, 5.74) is -0.760. The van der Waals surface area contributed by atoms with Crippen molar-refractivity contribution in [2.45, 2.75) is 44.2 Å². The van der Waals surface area contributed by atoms with Gasteiger partial charge in [-0.15, -0.1) is 0 Å². The molecule has 1 aliphatic rings. The monoisotopic (exact) mass is 321 g/mol. The number of hydrogen-bond donors (Lipinski definition) is 1. The molecule has 1 aromatic carbocycles. The van der Waals surface area contributed by atoms with Crippen LogP contribution in [0.5, 0.6) is 5.75 Å². The summed E-state index contributed by atoms with van der Waals surface area (Å²) in [4.78, 5) is 24.2. The van der Waals surface area contributed by atoms with Gasteiger partial charge in [0.1, 0.15) is 16.9 Å². The molecule has 6 nitrogen and oxygen atoms in total. The maximum atomic E-state index is 12.2. The second-order valence-corrected chi connectivity index (χ2v) is 6.62. The number of ether oxygens (including phenoxy) is 3. The fourth-order valence-corrected chi connectivity index (χ4v) is 2.58. The van der Waals surface area contributed by atoms with Crippen molar-refractivity contribution in [1.29, 1.82) is 0 Å². The molecule has 1 aliphatic carbocycles. The van der Waals surface area contributed by atoms with Crippen LogP contribution in [0.2, 0.25) is 0 Å². The standard InChI is InChI=1S/C17H23NO5/c1-16(2,3)23-15(20)18-17(14(19)22-5)10-13(17)11-6-8-12(21-4)9-7-11/h6-9,13H,10H2,1-5H3,(H,18,20)/t13-,17+/m0/s1. The zero-order valence-electron chi connectivity index (χ0n) is 14.1. The number of amides is 1. The molecule has 23 heavy (non-hydrogen) atoms. The van der Waals surface area contributed by atoms with Gasteiger partial charge in [0.05, 0.1) is 14.2 Å². The van der Waals surface area contributed by atoms with Crippen LogP contribution in [0.25, 0.3) is 0 Å². The molecule has 0 bridgehead atoms. The fourth-order valence-electron chi connectivity index (χ4n) is 2.58. The Labute approximate surface area is 136 Å². The Kier molecular flexibility index (Phi) is 4.54. The van der Waals surface area contributed by atoms with Crippen LogP contribution >= 0.6 is 0 Å². The van der Waals surface area contributed by atoms with Gasteiger partial charge in [0.2, 0.25) is 0 Å². The van der Waals surface area contributed by atoms with E-state index in [1.54, 1.807) is 27.9 Å². The first-order valence-corrected chi connectivity index (χ1v) is 7.45. The van der Waals surface area contributed by atoms with E-state index in [1.165, 1.54) is 7.11 Å². The van der Waals surface area contributed by atoms with Crippen molar-refractivity contribution in [2.24, 2.45) is 0 Å². The van der Waals surface area contributed by atoms with E-state index in [2.05, 4.69) is 5.32 Å². The molecule has 2 atom stereocenters. The average molecular weight is 321 g/mol. The summed E-state index contributed by atoms with van der Waals surface area (Å²) in [5.74, 6) is 0.121. The van der Waals surface area contributed by atoms with Crippen molar-refractivity contribution in [3.8, 4) is 5.75 Å². The number of hydrogen-bond acceptors (Lipinski definition) is 5. The number of esters is 1. The lowest BCUT2D eigenvalue weighted by Gasteiger charge is -2.23. The van der Waals surface area contributed by atoms with E-state index in [1.807, 2.05) is 24.3 Å². The van der Waals surface area contributed by atoms with Crippen molar-refractivity contribution < 1.29 is 23.8 Å². The first-order chi connectivity index (χ1) is 10.7. The molecular formula is C17H23NO5. The van der Waals surface area contributed by atoms with Gasteiger partial charge in [-0.25, -0.2) is 9.59 Å². The van der Waals surface area contributed by atoms with Gasteiger partial charge < -0.3 is 19.5 Å². The quantitative estimate of drug-likeness (QED) is 0.863. The first-order valence-electron chi connectivity index (χ1n) is 7.45. The van der Waals surface area contributed by atoms with Crippen LogP contribution in [0, 0.1) is 0 Å². The molecule has 6 heteroatoms. The lowest BCUT2D eigenvalue weighted by molar-refractivity contribution is -0.144. The number of nitrogens with one attached hydrogen (secondary N) is 1. The third kappa shape index (κ3) is 3.75. The first kappa shape index (κ1) is 17.1. The average Bonchev–Trinajstić information content (AvgIpc) is 3.19. The summed E-state index contributed by atoms with van der Waals surface area (Å²) in [7, 11) is 2.90. The number of alkyl carbamates (subject to hydrolysis) is 1. The minimum Gasteiger partial charge on any atom is -0.497 e. The molecule has 0 heterocycles. The van der Waals surface area contributed by atoms with E-state index in [0.29, 0.717) is 6.42 Å². The van der Waals surface area contributed by atoms with E-state index in [-0.39, 0.29) is 5.92 Å². The highest BCUT2D eigenvalue weighted by Crippen LogP contribution is 2.52. The summed E-state index contributed by atoms with van der Waals surface area (Å²) >= 11 is 0. The zero-order chi connectivity index (χ0) is 17.3. The smallest absolute Gasteiger partial charge is 0.408 e. The molecular weight excluding hydrogens is 298 g/mol. The van der Waals surface area contributed by atoms with E-state index in [4.69, 9.17) is 14.2 Å². The molecule has 1 N–H and O–H groups in total. The molecule has 1 fully saturated rings. The van der Waals surface area contributed by atoms with E-state index >= 15 is 0 Å². The normalized spacial score (nSPS) is 22.9. The highest BCUT2D eigenvalue weighted by atomic mass is 16.6. The van der Waals surface area contributed by atoms with Gasteiger partial charge in [0.25, 0.3) is 0 Å². The highest BCUT2D eigenvalue weighted by molar-refractivity contribution is 5.91. The summed E-state index contributed by atoms with van der Waals surface area (Å²) in [6, 6.07) is 7.41. The Bertz CT molecular complexity index is 590. The van der Waals surface area contributed by atoms with Crippen LogP contribution in [-0.2, 0) is 14.3 Å². The second-order valence-electron chi connectivity index (χ2n) is 6.62. The predicted molar refractivity (Wildman–Crippen MR) is 84.5 cm³/mol. The number of carbonyl (C=O) groups excluding carboxylic acids is 2. The predicted octanol–water partition coefficient (Wildman–Crippen LogP) is 2.62. The van der Waals surface area contributed by atoms with E-state index < -0.39 is 23.2 Å². The minimum atomic E-state index is -1.06. The van der Waals surface area contributed by atoms with Crippen molar-refractivity contribution in [3.05, 3.63) is 29.8 Å². The molecule has 0 saturated heterocycles. The van der Waals surface area contributed by atoms with Crippen molar-refractivity contribution in [1.82, 2.24) is 5.32 Å². The van der Waals surface area contributed by atoms with Gasteiger partial charge in [0.15, 0.2) is 0 Å². The topological polar surface area (TPSA) is 73.9 Å². The Morgan fingerprint density at radius 3 is 2.26 bits per heavy atom. The van der Waals surface area contributed by atoms with Gasteiger partial charge >= 0.3 is 12.1 Å². The maximum Gasteiger partial charge on any atom is 0.408 e. The molecule has 0 unspecified atom stereocenters. The molecule has 2 rings (SSSR count). The zero-order valence-corrected chi connectivity index (χ0v) is 14.1. The van der Waals surface area contributed by atoms with Crippen LogP contribution in [0.4, 0.5) is 4.79 Å². The summed E-state index contributed by atoms with van der Waals surface area (Å²) in [5, 5.41) is 2.68. The summed E-state index contributed by atoms with van der Waals surface area (Å²) in [6.07, 6.45) is -0.149. The van der Waals surface area contributed by atoms with Gasteiger partial charge in [-0.3, -0.25) is 0 Å². The molecule has 1 saturated carbocycles. The van der Waals surface area contributed by atoms with Crippen LogP contribution in [0.15, 0.2) is 24.3 Å². The third-order valence-corrected chi connectivity index (χ3v) is 3.75. The fraction of sp³-hybridized carbons (Fsp3) is 0.529. The van der Waals surface area contributed by atoms with Gasteiger partial charge in [-0.2, -0.15) is 0 Å². The van der Waals surface area contributed by atoms with Gasteiger partial charge in [-0.05, 0) is 44.9 Å². The number of carbonyl (C=O) groups is 2. The molecule has 1 amide bonds. The Morgan fingerprint density at radius 2 is 1.78 bits per heavy atom. The van der Waals surface area contributed by atoms with Crippen molar-refractivity contribution >= 4 is 12.1 Å². The molecule has 0 radical (unpaired) electrons. The van der Waals surface area contributed by atoms with Gasteiger partial charge in [0, 0.05) is 5.92 Å². The largest absolute Gasteiger partial charge is 0.497 e. The molecule has 1 aromatic rings. The second kappa shape index (κ2) is 6.10. The van der Waals surface area contributed by atoms with Crippen molar-refractivity contribution in [2.75, 3.05) is 14.2 Å². The molecule has 0 aromatic heterocycles. The van der Waals surface area contributed by atoms with Crippen LogP contribution in [0.1, 0.15) is 38.7 Å². The van der Waals surface area contributed by atoms with E-state index in [9.17, 15) is 9.59 Å². The summed E-state index contributed by atoms with van der Waals surface area (Å²) < 4.78 is 15.3. The van der Waals surface area contributed by atoms with Crippen LogP contribution < -0.4 is 10.1 Å². The molecule has 0 aliphatic heterocycles. The number of benzene rings is 1. The SMILES string of the molecule is COC(=O)[C@@]1(NC(=O)OC(C)(C)C)C[C@H]1c1ccc(OC)cc1. The minimum absolute atomic E-state index is 0.145. The van der Waals surface area contributed by atoms with E-state index in [0.717, 1.165) is 11.3 Å². The Hall–Kier alpha value is -2.24. The Balaban J connectivity index is 2.16. The lowest BCUT2D eigenvalue weighted by atomic mass is 10.1. The lowest BCUT2D eigenvalue weighted by Crippen LogP contribution is -2.47. The van der Waals surface area contributed by atoms with Crippen LogP contribution in [0.3, 0.4) is 0 Å². The number of rotatable bonds is 4. The third-order valence-electron chi connectivity index (χ3n) is 3.75. The Morgan fingerprint density at radius 1 is 1.17 bits per heavy atom. The molecule has 0 spiro atoms.